The third-order valence-electron chi connectivity index (χ3n) is 3.64. The third-order valence-corrected chi connectivity index (χ3v) is 3.64. The Morgan fingerprint density at radius 2 is 1.64 bits per heavy atom. The molecule has 6 heteroatoms. The Morgan fingerprint density at radius 3 is 2.20 bits per heavy atom. The Morgan fingerprint density at radius 1 is 1.04 bits per heavy atom. The molecule has 0 aliphatic heterocycles. The zero-order valence-electron chi connectivity index (χ0n) is 14.7. The summed E-state index contributed by atoms with van der Waals surface area (Å²) in [5, 5.41) is 2.91. The van der Waals surface area contributed by atoms with E-state index >= 15 is 0 Å². The number of hydrogen-bond acceptors (Lipinski definition) is 4. The van der Waals surface area contributed by atoms with Crippen LogP contribution in [0.2, 0.25) is 0 Å². The summed E-state index contributed by atoms with van der Waals surface area (Å²) in [5.74, 6) is 0.745. The fraction of sp³-hybridized carbons (Fsp3) is 0.316. The lowest BCUT2D eigenvalue weighted by Gasteiger charge is -2.11. The number of hydrogen-bond donors (Lipinski definition) is 2. The first kappa shape index (κ1) is 21.0. The zero-order chi connectivity index (χ0) is 17.4. The van der Waals surface area contributed by atoms with Crippen molar-refractivity contribution in [2.45, 2.75) is 13.1 Å². The predicted octanol–water partition coefficient (Wildman–Crippen LogP) is 2.44. The largest absolute Gasteiger partial charge is 0.492 e. The van der Waals surface area contributed by atoms with Gasteiger partial charge in [-0.25, -0.2) is 0 Å². The number of nitrogens with one attached hydrogen (secondary N) is 1. The normalized spacial score (nSPS) is 10.2. The molecule has 0 aromatic heterocycles. The van der Waals surface area contributed by atoms with Crippen molar-refractivity contribution in [1.82, 2.24) is 10.2 Å². The second-order valence-corrected chi connectivity index (χ2v) is 5.88. The highest BCUT2D eigenvalue weighted by Crippen LogP contribution is 2.12. The molecule has 2 rings (SSSR count). The van der Waals surface area contributed by atoms with E-state index in [0.717, 1.165) is 23.4 Å². The van der Waals surface area contributed by atoms with Gasteiger partial charge in [0.2, 0.25) is 0 Å². The van der Waals surface area contributed by atoms with E-state index in [0.29, 0.717) is 25.3 Å². The van der Waals surface area contributed by atoms with Crippen molar-refractivity contribution in [3.8, 4) is 5.75 Å². The van der Waals surface area contributed by atoms with Crippen molar-refractivity contribution >= 4 is 18.3 Å². The molecule has 25 heavy (non-hydrogen) atoms. The van der Waals surface area contributed by atoms with Gasteiger partial charge in [-0.3, -0.25) is 4.79 Å². The summed E-state index contributed by atoms with van der Waals surface area (Å²) in [5.41, 5.74) is 8.23. The van der Waals surface area contributed by atoms with Gasteiger partial charge in [0.05, 0.1) is 0 Å². The smallest absolute Gasteiger partial charge is 0.251 e. The number of carbonyl (C=O) groups excluding carboxylic acids is 1. The summed E-state index contributed by atoms with van der Waals surface area (Å²) < 4.78 is 5.65. The average Bonchev–Trinajstić information content (AvgIpc) is 2.60. The Hall–Kier alpha value is -2.08. The van der Waals surface area contributed by atoms with Crippen molar-refractivity contribution in [2.24, 2.45) is 5.73 Å². The third kappa shape index (κ3) is 7.13. The first-order valence-corrected chi connectivity index (χ1v) is 8.02. The van der Waals surface area contributed by atoms with Crippen LogP contribution in [0.1, 0.15) is 21.5 Å². The Balaban J connectivity index is 0.00000312. The molecule has 5 nitrogen and oxygen atoms in total. The van der Waals surface area contributed by atoms with Crippen LogP contribution in [0.3, 0.4) is 0 Å². The maximum Gasteiger partial charge on any atom is 0.251 e. The fourth-order valence-corrected chi connectivity index (χ4v) is 2.13. The van der Waals surface area contributed by atoms with Crippen LogP contribution in [-0.4, -0.2) is 38.1 Å². The van der Waals surface area contributed by atoms with Gasteiger partial charge in [0, 0.05) is 25.2 Å². The summed E-state index contributed by atoms with van der Waals surface area (Å²) in [6.07, 6.45) is 0. The highest BCUT2D eigenvalue weighted by Gasteiger charge is 2.05. The SMILES string of the molecule is CN(C)CCOc1ccc(CNC(=O)c2ccc(CN)cc2)cc1.Cl. The summed E-state index contributed by atoms with van der Waals surface area (Å²) in [6, 6.07) is 15.1. The molecule has 2 aromatic rings. The summed E-state index contributed by atoms with van der Waals surface area (Å²) in [7, 11) is 4.03. The second kappa shape index (κ2) is 10.7. The Kier molecular flexibility index (Phi) is 8.99. The van der Waals surface area contributed by atoms with Gasteiger partial charge in [0.1, 0.15) is 12.4 Å². The van der Waals surface area contributed by atoms with Crippen LogP contribution in [0.15, 0.2) is 48.5 Å². The number of carbonyl (C=O) groups is 1. The van der Waals surface area contributed by atoms with E-state index in [1.807, 2.05) is 50.5 Å². The van der Waals surface area contributed by atoms with Crippen LogP contribution in [0.25, 0.3) is 0 Å². The van der Waals surface area contributed by atoms with E-state index in [4.69, 9.17) is 10.5 Å². The van der Waals surface area contributed by atoms with E-state index in [1.165, 1.54) is 0 Å². The van der Waals surface area contributed by atoms with Crippen molar-refractivity contribution < 1.29 is 9.53 Å². The molecule has 2 aromatic carbocycles. The molecular weight excluding hydrogens is 338 g/mol. The Bertz CT molecular complexity index is 643. The van der Waals surface area contributed by atoms with Gasteiger partial charge < -0.3 is 20.7 Å². The minimum atomic E-state index is -0.0927. The van der Waals surface area contributed by atoms with Crippen molar-refractivity contribution in [1.29, 1.82) is 0 Å². The monoisotopic (exact) mass is 363 g/mol. The number of halogens is 1. The second-order valence-electron chi connectivity index (χ2n) is 5.88. The van der Waals surface area contributed by atoms with Gasteiger partial charge in [-0.15, -0.1) is 12.4 Å². The van der Waals surface area contributed by atoms with Gasteiger partial charge in [-0.2, -0.15) is 0 Å². The number of benzene rings is 2. The van der Waals surface area contributed by atoms with Crippen LogP contribution in [0.5, 0.6) is 5.75 Å². The summed E-state index contributed by atoms with van der Waals surface area (Å²) in [6.45, 7) is 2.49. The van der Waals surface area contributed by atoms with Gasteiger partial charge >= 0.3 is 0 Å². The first-order valence-electron chi connectivity index (χ1n) is 8.02. The molecular formula is C19H26ClN3O2. The molecule has 0 atom stereocenters. The Labute approximate surface area is 155 Å². The molecule has 0 fully saturated rings. The van der Waals surface area contributed by atoms with Crippen LogP contribution in [-0.2, 0) is 13.1 Å². The molecule has 0 aliphatic carbocycles. The molecule has 0 saturated heterocycles. The lowest BCUT2D eigenvalue weighted by Crippen LogP contribution is -2.22. The predicted molar refractivity (Wildman–Crippen MR) is 103 cm³/mol. The van der Waals surface area contributed by atoms with Gasteiger partial charge in [0.15, 0.2) is 0 Å². The van der Waals surface area contributed by atoms with Gasteiger partial charge in [-0.1, -0.05) is 24.3 Å². The highest BCUT2D eigenvalue weighted by atomic mass is 35.5. The molecule has 0 saturated carbocycles. The molecule has 0 unspecified atom stereocenters. The topological polar surface area (TPSA) is 67.6 Å². The summed E-state index contributed by atoms with van der Waals surface area (Å²) in [4.78, 5) is 14.2. The number of amides is 1. The fourth-order valence-electron chi connectivity index (χ4n) is 2.13. The number of ether oxygens (including phenoxy) is 1. The molecule has 1 amide bonds. The average molecular weight is 364 g/mol. The molecule has 0 spiro atoms. The maximum atomic E-state index is 12.1. The number of likely N-dealkylation sites (N-methyl/N-ethyl adjacent to an activating group) is 1. The van der Waals surface area contributed by atoms with Crippen molar-refractivity contribution in [3.63, 3.8) is 0 Å². The molecule has 3 N–H and O–H groups in total. The minimum Gasteiger partial charge on any atom is -0.492 e. The number of rotatable bonds is 8. The quantitative estimate of drug-likeness (QED) is 0.756. The molecule has 0 bridgehead atoms. The maximum absolute atomic E-state index is 12.1. The highest BCUT2D eigenvalue weighted by molar-refractivity contribution is 5.94. The van der Waals surface area contributed by atoms with E-state index < -0.39 is 0 Å². The molecule has 0 heterocycles. The number of nitrogens with two attached hydrogens (primary N) is 1. The first-order chi connectivity index (χ1) is 11.6. The molecule has 136 valence electrons. The molecule has 0 radical (unpaired) electrons. The van der Waals surface area contributed by atoms with Crippen molar-refractivity contribution in [2.75, 3.05) is 27.2 Å². The zero-order valence-corrected chi connectivity index (χ0v) is 15.5. The minimum absolute atomic E-state index is 0. The van der Waals surface area contributed by atoms with E-state index in [-0.39, 0.29) is 18.3 Å². The standard InChI is InChI=1S/C19H25N3O2.ClH/c1-22(2)11-12-24-18-9-5-16(6-10-18)14-21-19(23)17-7-3-15(13-20)4-8-17;/h3-10H,11-14,20H2,1-2H3,(H,21,23);1H. The van der Waals surface area contributed by atoms with Crippen LogP contribution < -0.4 is 15.8 Å². The van der Waals surface area contributed by atoms with Crippen LogP contribution in [0, 0.1) is 0 Å². The van der Waals surface area contributed by atoms with Crippen molar-refractivity contribution in [3.05, 3.63) is 65.2 Å². The van der Waals surface area contributed by atoms with Crippen LogP contribution in [0.4, 0.5) is 0 Å². The molecule has 0 aliphatic rings. The van der Waals surface area contributed by atoms with Crippen LogP contribution >= 0.6 is 12.4 Å². The van der Waals surface area contributed by atoms with Gasteiger partial charge in [0.25, 0.3) is 5.91 Å². The lowest BCUT2D eigenvalue weighted by molar-refractivity contribution is 0.0951. The van der Waals surface area contributed by atoms with E-state index in [9.17, 15) is 4.79 Å². The lowest BCUT2D eigenvalue weighted by atomic mass is 10.1. The number of nitrogens with zero attached hydrogens (tertiary/aromatic N) is 1. The summed E-state index contributed by atoms with van der Waals surface area (Å²) >= 11 is 0. The van der Waals surface area contributed by atoms with E-state index in [1.54, 1.807) is 12.1 Å². The van der Waals surface area contributed by atoms with Gasteiger partial charge in [-0.05, 0) is 49.5 Å². The van der Waals surface area contributed by atoms with E-state index in [2.05, 4.69) is 10.2 Å².